The predicted octanol–water partition coefficient (Wildman–Crippen LogP) is 2.50. The Morgan fingerprint density at radius 3 is 2.58 bits per heavy atom. The van der Waals surface area contributed by atoms with Gasteiger partial charge in [-0.2, -0.15) is 8.78 Å². The van der Waals surface area contributed by atoms with Crippen LogP contribution >= 0.6 is 11.8 Å². The second kappa shape index (κ2) is 8.41. The van der Waals surface area contributed by atoms with E-state index in [1.54, 1.807) is 17.6 Å². The van der Waals surface area contributed by atoms with Gasteiger partial charge in [-0.3, -0.25) is 4.79 Å². The Morgan fingerprint density at radius 1 is 1.35 bits per heavy atom. The van der Waals surface area contributed by atoms with Crippen molar-refractivity contribution < 1.29 is 22.0 Å². The second-order valence-electron chi connectivity index (χ2n) is 5.10. The molecule has 0 atom stereocenters. The SMILES string of the molecule is C=CCn1c(C)nnc1SCC(=O)Nc1ccc(S(=O)(=O)C(F)F)cc1. The molecule has 11 heteroatoms. The lowest BCUT2D eigenvalue weighted by atomic mass is 10.3. The molecule has 0 fully saturated rings. The maximum atomic E-state index is 12.5. The van der Waals surface area contributed by atoms with Gasteiger partial charge in [0, 0.05) is 12.2 Å². The lowest BCUT2D eigenvalue weighted by Crippen LogP contribution is -2.15. The fourth-order valence-electron chi connectivity index (χ4n) is 1.97. The summed E-state index contributed by atoms with van der Waals surface area (Å²) in [6.07, 6.45) is 1.69. The van der Waals surface area contributed by atoms with E-state index in [4.69, 9.17) is 0 Å². The van der Waals surface area contributed by atoms with Crippen LogP contribution in [-0.2, 0) is 21.2 Å². The number of anilines is 1. The first-order chi connectivity index (χ1) is 12.3. The number of amides is 1. The van der Waals surface area contributed by atoms with E-state index in [0.717, 1.165) is 12.1 Å². The van der Waals surface area contributed by atoms with Crippen molar-refractivity contribution in [3.8, 4) is 0 Å². The number of hydrogen-bond acceptors (Lipinski definition) is 6. The normalized spacial score (nSPS) is 11.5. The van der Waals surface area contributed by atoms with Gasteiger partial charge in [-0.05, 0) is 31.2 Å². The topological polar surface area (TPSA) is 93.9 Å². The van der Waals surface area contributed by atoms with Crippen LogP contribution < -0.4 is 5.32 Å². The Balaban J connectivity index is 1.97. The fourth-order valence-corrected chi connectivity index (χ4v) is 3.48. The van der Waals surface area contributed by atoms with E-state index in [9.17, 15) is 22.0 Å². The molecule has 7 nitrogen and oxygen atoms in total. The molecule has 0 saturated heterocycles. The molecule has 0 unspecified atom stereocenters. The third-order valence-electron chi connectivity index (χ3n) is 3.25. The van der Waals surface area contributed by atoms with Crippen LogP contribution in [0.15, 0.2) is 47.0 Å². The number of halogens is 2. The number of aromatic nitrogens is 3. The maximum Gasteiger partial charge on any atom is 0.341 e. The predicted molar refractivity (Wildman–Crippen MR) is 93.9 cm³/mol. The highest BCUT2D eigenvalue weighted by molar-refractivity contribution is 7.99. The number of nitrogens with zero attached hydrogens (tertiary/aromatic N) is 3. The molecule has 1 heterocycles. The first-order valence-corrected chi connectivity index (χ1v) is 9.84. The molecule has 0 saturated carbocycles. The van der Waals surface area contributed by atoms with Crippen molar-refractivity contribution in [2.45, 2.75) is 29.3 Å². The van der Waals surface area contributed by atoms with E-state index in [2.05, 4.69) is 22.1 Å². The van der Waals surface area contributed by atoms with Gasteiger partial charge in [0.1, 0.15) is 5.82 Å². The second-order valence-corrected chi connectivity index (χ2v) is 7.96. The first kappa shape index (κ1) is 20.0. The number of carbonyl (C=O) groups is 1. The molecule has 1 amide bonds. The Hall–Kier alpha value is -2.27. The van der Waals surface area contributed by atoms with Crippen molar-refractivity contribution in [1.29, 1.82) is 0 Å². The van der Waals surface area contributed by atoms with Crippen molar-refractivity contribution in [2.75, 3.05) is 11.1 Å². The van der Waals surface area contributed by atoms with E-state index in [-0.39, 0.29) is 11.7 Å². The Labute approximate surface area is 153 Å². The molecule has 1 aromatic heterocycles. The molecule has 2 rings (SSSR count). The fraction of sp³-hybridized carbons (Fsp3) is 0.267. The largest absolute Gasteiger partial charge is 0.341 e. The van der Waals surface area contributed by atoms with Crippen molar-refractivity contribution in [3.63, 3.8) is 0 Å². The van der Waals surface area contributed by atoms with Gasteiger partial charge in [-0.1, -0.05) is 17.8 Å². The summed E-state index contributed by atoms with van der Waals surface area (Å²) in [5.41, 5.74) is 0.299. The zero-order valence-corrected chi connectivity index (χ0v) is 15.4. The van der Waals surface area contributed by atoms with E-state index in [0.29, 0.717) is 23.2 Å². The van der Waals surface area contributed by atoms with Crippen LogP contribution in [-0.4, -0.2) is 40.6 Å². The molecule has 0 aliphatic carbocycles. The molecule has 0 spiro atoms. The number of hydrogen-bond donors (Lipinski definition) is 1. The highest BCUT2D eigenvalue weighted by Gasteiger charge is 2.26. The highest BCUT2D eigenvalue weighted by Crippen LogP contribution is 2.21. The quantitative estimate of drug-likeness (QED) is 0.539. The minimum Gasteiger partial charge on any atom is -0.325 e. The number of carbonyl (C=O) groups excluding carboxylic acids is 1. The van der Waals surface area contributed by atoms with Gasteiger partial charge in [0.2, 0.25) is 15.7 Å². The number of sulfone groups is 1. The van der Waals surface area contributed by atoms with E-state index < -0.39 is 20.5 Å². The summed E-state index contributed by atoms with van der Waals surface area (Å²) in [6, 6.07) is 4.55. The minimum absolute atomic E-state index is 0.0480. The summed E-state index contributed by atoms with van der Waals surface area (Å²) in [4.78, 5) is 11.5. The Kier molecular flexibility index (Phi) is 6.48. The summed E-state index contributed by atoms with van der Waals surface area (Å²) in [5, 5.41) is 11.0. The van der Waals surface area contributed by atoms with Crippen molar-refractivity contribution >= 4 is 33.2 Å². The van der Waals surface area contributed by atoms with Gasteiger partial charge in [0.05, 0.1) is 10.6 Å². The van der Waals surface area contributed by atoms with Crippen molar-refractivity contribution in [3.05, 3.63) is 42.7 Å². The highest BCUT2D eigenvalue weighted by atomic mass is 32.2. The molecule has 1 N–H and O–H groups in total. The van der Waals surface area contributed by atoms with Crippen molar-refractivity contribution in [1.82, 2.24) is 14.8 Å². The molecule has 0 radical (unpaired) electrons. The van der Waals surface area contributed by atoms with Gasteiger partial charge in [-0.15, -0.1) is 16.8 Å². The summed E-state index contributed by atoms with van der Waals surface area (Å²) < 4.78 is 49.5. The molecule has 1 aromatic carbocycles. The molecular formula is C15H16F2N4O3S2. The zero-order chi connectivity index (χ0) is 19.3. The maximum absolute atomic E-state index is 12.5. The van der Waals surface area contributed by atoms with Crippen LogP contribution in [0.2, 0.25) is 0 Å². The molecule has 0 aliphatic heterocycles. The summed E-state index contributed by atoms with van der Waals surface area (Å²) in [7, 11) is -4.65. The summed E-state index contributed by atoms with van der Waals surface area (Å²) in [5.74, 6) is -3.10. The number of thioether (sulfide) groups is 1. The molecule has 0 bridgehead atoms. The molecule has 26 heavy (non-hydrogen) atoms. The average Bonchev–Trinajstić information content (AvgIpc) is 2.94. The third-order valence-corrected chi connectivity index (χ3v) is 5.61. The smallest absolute Gasteiger partial charge is 0.325 e. The van der Waals surface area contributed by atoms with Crippen LogP contribution in [0.5, 0.6) is 0 Å². The van der Waals surface area contributed by atoms with Crippen LogP contribution in [0.3, 0.4) is 0 Å². The lowest BCUT2D eigenvalue weighted by Gasteiger charge is -2.08. The first-order valence-electron chi connectivity index (χ1n) is 7.31. The zero-order valence-electron chi connectivity index (χ0n) is 13.7. The molecular weight excluding hydrogens is 386 g/mol. The molecule has 0 aliphatic rings. The number of alkyl halides is 2. The number of allylic oxidation sites excluding steroid dienone is 1. The van der Waals surface area contributed by atoms with Crippen LogP contribution in [0, 0.1) is 6.92 Å². The lowest BCUT2D eigenvalue weighted by molar-refractivity contribution is -0.113. The number of rotatable bonds is 8. The van der Waals surface area contributed by atoms with Gasteiger partial charge in [0.25, 0.3) is 0 Å². The standard InChI is InChI=1S/C15H16F2N4O3S2/c1-3-8-21-10(2)19-20-15(21)25-9-13(22)18-11-4-6-12(7-5-11)26(23,24)14(16)17/h3-7,14H,1,8-9H2,2H3,(H,18,22). The van der Waals surface area contributed by atoms with Crippen LogP contribution in [0.4, 0.5) is 14.5 Å². The van der Waals surface area contributed by atoms with Gasteiger partial charge in [-0.25, -0.2) is 8.42 Å². The van der Waals surface area contributed by atoms with Gasteiger partial charge < -0.3 is 9.88 Å². The molecule has 140 valence electrons. The van der Waals surface area contributed by atoms with Gasteiger partial charge in [0.15, 0.2) is 5.16 Å². The average molecular weight is 402 g/mol. The van der Waals surface area contributed by atoms with Crippen molar-refractivity contribution in [2.24, 2.45) is 0 Å². The number of aryl methyl sites for hydroxylation is 1. The monoisotopic (exact) mass is 402 g/mol. The van der Waals surface area contributed by atoms with E-state index >= 15 is 0 Å². The van der Waals surface area contributed by atoms with Gasteiger partial charge >= 0.3 is 5.76 Å². The van der Waals surface area contributed by atoms with E-state index in [1.165, 1.54) is 23.9 Å². The molecule has 2 aromatic rings. The van der Waals surface area contributed by atoms with Crippen LogP contribution in [0.1, 0.15) is 5.82 Å². The summed E-state index contributed by atoms with van der Waals surface area (Å²) >= 11 is 1.18. The summed E-state index contributed by atoms with van der Waals surface area (Å²) in [6.45, 7) is 5.95. The third kappa shape index (κ3) is 4.67. The van der Waals surface area contributed by atoms with E-state index in [1.807, 2.05) is 0 Å². The number of benzene rings is 1. The van der Waals surface area contributed by atoms with Crippen LogP contribution in [0.25, 0.3) is 0 Å². The Bertz CT molecular complexity index is 896. The Morgan fingerprint density at radius 2 is 2.00 bits per heavy atom. The minimum atomic E-state index is -4.65. The number of nitrogens with one attached hydrogen (secondary N) is 1.